The minimum Gasteiger partial charge on any atom is -0.467 e. The molecule has 32 heavy (non-hydrogen) atoms. The zero-order valence-electron chi connectivity index (χ0n) is 17.2. The number of carbonyl (C=O) groups is 1. The van der Waals surface area contributed by atoms with Gasteiger partial charge >= 0.3 is 0 Å². The predicted octanol–water partition coefficient (Wildman–Crippen LogP) is 2.80. The van der Waals surface area contributed by atoms with Gasteiger partial charge in [-0.05, 0) is 47.3 Å². The highest BCUT2D eigenvalue weighted by Crippen LogP contribution is 2.22. The summed E-state index contributed by atoms with van der Waals surface area (Å²) in [5.41, 5.74) is 0.753. The van der Waals surface area contributed by atoms with Crippen LogP contribution in [0.2, 0.25) is 0 Å². The van der Waals surface area contributed by atoms with Gasteiger partial charge < -0.3 is 14.3 Å². The third-order valence-corrected chi connectivity index (χ3v) is 6.43. The Morgan fingerprint density at radius 1 is 1.06 bits per heavy atom. The number of benzene rings is 2. The topological polar surface area (TPSA) is 112 Å². The van der Waals surface area contributed by atoms with E-state index in [0.717, 1.165) is 0 Å². The van der Waals surface area contributed by atoms with Gasteiger partial charge in [-0.15, -0.1) is 0 Å². The van der Waals surface area contributed by atoms with Crippen molar-refractivity contribution in [3.8, 4) is 0 Å². The van der Waals surface area contributed by atoms with Gasteiger partial charge in [-0.3, -0.25) is 9.59 Å². The van der Waals surface area contributed by atoms with Crippen LogP contribution in [-0.4, -0.2) is 31.3 Å². The van der Waals surface area contributed by atoms with Crippen LogP contribution in [0.3, 0.4) is 0 Å². The highest BCUT2D eigenvalue weighted by molar-refractivity contribution is 7.89. The second-order valence-electron chi connectivity index (χ2n) is 7.31. The summed E-state index contributed by atoms with van der Waals surface area (Å²) >= 11 is 0. The second-order valence-corrected chi connectivity index (χ2v) is 9.02. The van der Waals surface area contributed by atoms with E-state index in [4.69, 9.17) is 4.42 Å². The zero-order chi connectivity index (χ0) is 22.7. The number of furan rings is 1. The van der Waals surface area contributed by atoms with Gasteiger partial charge in [-0.2, -0.15) is 4.72 Å². The van der Waals surface area contributed by atoms with E-state index in [1.165, 1.54) is 35.4 Å². The van der Waals surface area contributed by atoms with Crippen molar-refractivity contribution in [2.45, 2.75) is 17.5 Å². The zero-order valence-corrected chi connectivity index (χ0v) is 18.0. The highest BCUT2D eigenvalue weighted by Gasteiger charge is 2.30. The Hall–Kier alpha value is -3.69. The first-order valence-electron chi connectivity index (χ1n) is 9.81. The number of sulfonamides is 1. The molecule has 2 aromatic carbocycles. The maximum Gasteiger partial charge on any atom is 0.248 e. The van der Waals surface area contributed by atoms with Crippen molar-refractivity contribution >= 4 is 26.8 Å². The summed E-state index contributed by atoms with van der Waals surface area (Å²) in [6.07, 6.45) is 1.51. The third-order valence-electron chi connectivity index (χ3n) is 5.01. The Labute approximate surface area is 184 Å². The fraction of sp³-hybridized carbons (Fsp3) is 0.130. The Kier molecular flexibility index (Phi) is 5.93. The van der Waals surface area contributed by atoms with Crippen molar-refractivity contribution in [2.75, 3.05) is 7.05 Å². The Balaban J connectivity index is 1.66. The largest absolute Gasteiger partial charge is 0.467 e. The lowest BCUT2D eigenvalue weighted by atomic mass is 10.1. The number of fused-ring (bicyclic) bond motifs is 1. The average molecular weight is 452 g/mol. The molecule has 0 saturated carbocycles. The van der Waals surface area contributed by atoms with E-state index in [9.17, 15) is 18.0 Å². The van der Waals surface area contributed by atoms with Crippen molar-refractivity contribution in [1.29, 1.82) is 0 Å². The lowest BCUT2D eigenvalue weighted by molar-refractivity contribution is -0.132. The normalized spacial score (nSPS) is 12.5. The first-order chi connectivity index (χ1) is 15.3. The summed E-state index contributed by atoms with van der Waals surface area (Å²) in [7, 11) is -2.48. The predicted molar refractivity (Wildman–Crippen MR) is 119 cm³/mol. The molecule has 8 nitrogen and oxygen atoms in total. The third kappa shape index (κ3) is 4.63. The molecular weight excluding hydrogens is 430 g/mol. The quantitative estimate of drug-likeness (QED) is 0.449. The number of amides is 1. The average Bonchev–Trinajstić information content (AvgIpc) is 3.30. The summed E-state index contributed by atoms with van der Waals surface area (Å²) < 4.78 is 34.2. The molecule has 164 valence electrons. The van der Waals surface area contributed by atoms with Gasteiger partial charge in [-0.1, -0.05) is 30.3 Å². The van der Waals surface area contributed by atoms with Crippen LogP contribution in [0.15, 0.2) is 93.2 Å². The number of likely N-dealkylation sites (N-methyl/N-ethyl adjacent to an activating group) is 1. The van der Waals surface area contributed by atoms with Crippen LogP contribution in [-0.2, 0) is 21.4 Å². The number of aromatic nitrogens is 1. The molecule has 0 aliphatic rings. The number of hydrogen-bond donors (Lipinski definition) is 2. The van der Waals surface area contributed by atoms with Gasteiger partial charge in [0.1, 0.15) is 11.8 Å². The monoisotopic (exact) mass is 451 g/mol. The van der Waals surface area contributed by atoms with Gasteiger partial charge in [-0.25, -0.2) is 8.42 Å². The van der Waals surface area contributed by atoms with Crippen LogP contribution < -0.4 is 10.3 Å². The molecule has 1 unspecified atom stereocenters. The van der Waals surface area contributed by atoms with Crippen molar-refractivity contribution in [3.05, 3.63) is 101 Å². The maximum absolute atomic E-state index is 13.2. The minimum absolute atomic E-state index is 0.0144. The SMILES string of the molecule is CN(Cc1ccco1)C(=O)C(NS(=O)(=O)c1ccc2[nH]c(=O)ccc2c1)c1ccccc1. The van der Waals surface area contributed by atoms with Crippen LogP contribution >= 0.6 is 0 Å². The van der Waals surface area contributed by atoms with E-state index in [2.05, 4.69) is 9.71 Å². The molecular formula is C23H21N3O5S. The summed E-state index contributed by atoms with van der Waals surface area (Å²) in [4.78, 5) is 28.8. The number of H-pyrrole nitrogens is 1. The van der Waals surface area contributed by atoms with Crippen LogP contribution in [0.5, 0.6) is 0 Å². The molecule has 4 aromatic rings. The molecule has 0 bridgehead atoms. The Morgan fingerprint density at radius 3 is 2.56 bits per heavy atom. The Bertz CT molecular complexity index is 1400. The lowest BCUT2D eigenvalue weighted by Gasteiger charge is -2.24. The first-order valence-corrected chi connectivity index (χ1v) is 11.3. The summed E-state index contributed by atoms with van der Waals surface area (Å²) in [6, 6.07) is 18.2. The van der Waals surface area contributed by atoms with E-state index >= 15 is 0 Å². The van der Waals surface area contributed by atoms with E-state index in [-0.39, 0.29) is 17.0 Å². The summed E-state index contributed by atoms with van der Waals surface area (Å²) in [5.74, 6) is 0.153. The van der Waals surface area contributed by atoms with Gasteiger partial charge in [0.25, 0.3) is 0 Å². The number of nitrogens with one attached hydrogen (secondary N) is 2. The molecule has 0 radical (unpaired) electrons. The smallest absolute Gasteiger partial charge is 0.248 e. The molecule has 0 saturated heterocycles. The van der Waals surface area contributed by atoms with E-state index in [0.29, 0.717) is 22.2 Å². The highest BCUT2D eigenvalue weighted by atomic mass is 32.2. The van der Waals surface area contributed by atoms with E-state index in [1.54, 1.807) is 55.6 Å². The van der Waals surface area contributed by atoms with Gasteiger partial charge in [0, 0.05) is 18.6 Å². The lowest BCUT2D eigenvalue weighted by Crippen LogP contribution is -2.41. The van der Waals surface area contributed by atoms with E-state index < -0.39 is 22.0 Å². The van der Waals surface area contributed by atoms with Crippen molar-refractivity contribution < 1.29 is 17.6 Å². The van der Waals surface area contributed by atoms with Crippen molar-refractivity contribution in [1.82, 2.24) is 14.6 Å². The number of hydrogen-bond acceptors (Lipinski definition) is 5. The number of rotatable bonds is 7. The number of pyridine rings is 1. The fourth-order valence-corrected chi connectivity index (χ4v) is 4.58. The Morgan fingerprint density at radius 2 is 1.84 bits per heavy atom. The molecule has 2 aromatic heterocycles. The fourth-order valence-electron chi connectivity index (χ4n) is 3.36. The van der Waals surface area contributed by atoms with Crippen LogP contribution in [0, 0.1) is 0 Å². The number of carbonyl (C=O) groups excluding carboxylic acids is 1. The summed E-state index contributed by atoms with van der Waals surface area (Å²) in [6.45, 7) is 0.195. The maximum atomic E-state index is 13.2. The molecule has 0 spiro atoms. The first kappa shape index (κ1) is 21.5. The molecule has 4 rings (SSSR count). The second kappa shape index (κ2) is 8.81. The molecule has 1 amide bonds. The van der Waals surface area contributed by atoms with Crippen molar-refractivity contribution in [2.24, 2.45) is 0 Å². The van der Waals surface area contributed by atoms with E-state index in [1.807, 2.05) is 0 Å². The molecule has 9 heteroatoms. The summed E-state index contributed by atoms with van der Waals surface area (Å²) in [5, 5.41) is 0.560. The van der Waals surface area contributed by atoms with Crippen molar-refractivity contribution in [3.63, 3.8) is 0 Å². The molecule has 0 fully saturated rings. The molecule has 2 N–H and O–H groups in total. The molecule has 2 heterocycles. The number of nitrogens with zero attached hydrogens (tertiary/aromatic N) is 1. The van der Waals surface area contributed by atoms with Crippen LogP contribution in [0.4, 0.5) is 0 Å². The van der Waals surface area contributed by atoms with Gasteiger partial charge in [0.2, 0.25) is 21.5 Å². The molecule has 0 aliphatic heterocycles. The minimum atomic E-state index is -4.06. The standard InChI is InChI=1S/C23H21N3O5S/c1-26(15-18-8-5-13-31-18)23(28)22(16-6-3-2-4-7-16)25-32(29,30)19-10-11-20-17(14-19)9-12-21(27)24-20/h2-14,22,25H,15H2,1H3,(H,24,27). The molecule has 0 aliphatic carbocycles. The van der Waals surface area contributed by atoms with Gasteiger partial charge in [0.15, 0.2) is 0 Å². The number of aromatic amines is 1. The van der Waals surface area contributed by atoms with Gasteiger partial charge in [0.05, 0.1) is 17.7 Å². The molecule has 1 atom stereocenters. The van der Waals surface area contributed by atoms with Crippen LogP contribution in [0.1, 0.15) is 17.4 Å². The van der Waals surface area contributed by atoms with Crippen LogP contribution in [0.25, 0.3) is 10.9 Å².